The molecule has 2 N–H and O–H groups in total. The number of aromatic carboxylic acids is 1. The van der Waals surface area contributed by atoms with E-state index >= 15 is 0 Å². The molecule has 1 heterocycles. The number of carboxylic acid groups (broad SMARTS) is 1. The largest absolute Gasteiger partial charge is 0.478 e. The van der Waals surface area contributed by atoms with E-state index in [-0.39, 0.29) is 10.6 Å². The fourth-order valence-electron chi connectivity index (χ4n) is 1.79. The average molecular weight is 315 g/mol. The third-order valence-electron chi connectivity index (χ3n) is 3.10. The lowest BCUT2D eigenvalue weighted by atomic mass is 10.3. The van der Waals surface area contributed by atoms with Crippen molar-refractivity contribution in [3.8, 4) is 0 Å². The second kappa shape index (κ2) is 8.06. The molecule has 0 aliphatic carbocycles. The van der Waals surface area contributed by atoms with E-state index < -0.39 is 16.0 Å². The molecule has 0 amide bonds. The summed E-state index contributed by atoms with van der Waals surface area (Å²) in [5.74, 6) is -1.14. The molecule has 118 valence electrons. The molecule has 1 rings (SSSR count). The monoisotopic (exact) mass is 315 g/mol. The lowest BCUT2D eigenvalue weighted by molar-refractivity contribution is 0.0696. The van der Waals surface area contributed by atoms with Crippen LogP contribution in [-0.4, -0.2) is 55.6 Å². The molecule has 0 atom stereocenters. The van der Waals surface area contributed by atoms with Gasteiger partial charge in [0.15, 0.2) is 5.03 Å². The van der Waals surface area contributed by atoms with Gasteiger partial charge < -0.3 is 10.0 Å². The number of aromatic nitrogens is 1. The maximum Gasteiger partial charge on any atom is 0.337 e. The number of sulfonamides is 1. The first kappa shape index (κ1) is 17.5. The summed E-state index contributed by atoms with van der Waals surface area (Å²) in [5.41, 5.74) is -0.0458. The number of rotatable bonds is 9. The molecule has 0 fully saturated rings. The Morgan fingerprint density at radius 1 is 1.33 bits per heavy atom. The Labute approximate surface area is 125 Å². The van der Waals surface area contributed by atoms with Crippen LogP contribution in [0, 0.1) is 0 Å². The van der Waals surface area contributed by atoms with E-state index in [1.807, 2.05) is 0 Å². The number of carboxylic acids is 1. The summed E-state index contributed by atoms with van der Waals surface area (Å²) in [7, 11) is -3.69. The number of hydrogen-bond acceptors (Lipinski definition) is 5. The number of carbonyl (C=O) groups is 1. The smallest absolute Gasteiger partial charge is 0.337 e. The Hall–Kier alpha value is -1.51. The van der Waals surface area contributed by atoms with Crippen LogP contribution in [-0.2, 0) is 10.0 Å². The number of nitrogens with zero attached hydrogens (tertiary/aromatic N) is 2. The standard InChI is InChI=1S/C13H21N3O4S/c1-3-16(4-2)9-5-8-15-21(19,20)12-7-6-11(10-14-12)13(17)18/h6-7,10,15H,3-5,8-9H2,1-2H3,(H,17,18). The maximum atomic E-state index is 12.0. The SMILES string of the molecule is CCN(CC)CCCNS(=O)(=O)c1ccc(C(=O)O)cn1. The van der Waals surface area contributed by atoms with Crippen LogP contribution in [0.3, 0.4) is 0 Å². The third-order valence-corrected chi connectivity index (χ3v) is 4.47. The van der Waals surface area contributed by atoms with Gasteiger partial charge in [-0.2, -0.15) is 0 Å². The van der Waals surface area contributed by atoms with Crippen LogP contribution in [0.2, 0.25) is 0 Å². The van der Waals surface area contributed by atoms with Crippen molar-refractivity contribution >= 4 is 16.0 Å². The first-order valence-electron chi connectivity index (χ1n) is 6.82. The minimum atomic E-state index is -3.69. The molecule has 0 aliphatic heterocycles. The summed E-state index contributed by atoms with van der Waals surface area (Å²) < 4.78 is 26.4. The molecule has 8 heteroatoms. The lowest BCUT2D eigenvalue weighted by Crippen LogP contribution is -2.30. The van der Waals surface area contributed by atoms with E-state index in [9.17, 15) is 13.2 Å². The van der Waals surface area contributed by atoms with E-state index in [2.05, 4.69) is 28.5 Å². The van der Waals surface area contributed by atoms with Gasteiger partial charge >= 0.3 is 5.97 Å². The molecule has 0 radical (unpaired) electrons. The van der Waals surface area contributed by atoms with Crippen molar-refractivity contribution in [2.75, 3.05) is 26.2 Å². The maximum absolute atomic E-state index is 12.0. The number of pyridine rings is 1. The summed E-state index contributed by atoms with van der Waals surface area (Å²) in [6.45, 7) is 7.12. The molecular weight excluding hydrogens is 294 g/mol. The molecular formula is C13H21N3O4S. The minimum Gasteiger partial charge on any atom is -0.478 e. The van der Waals surface area contributed by atoms with Gasteiger partial charge in [0.1, 0.15) is 0 Å². The topological polar surface area (TPSA) is 99.6 Å². The highest BCUT2D eigenvalue weighted by atomic mass is 32.2. The third kappa shape index (κ3) is 5.41. The summed E-state index contributed by atoms with van der Waals surface area (Å²) in [5, 5.41) is 8.57. The zero-order chi connectivity index (χ0) is 15.9. The Morgan fingerprint density at radius 3 is 2.48 bits per heavy atom. The normalized spacial score (nSPS) is 11.8. The van der Waals surface area contributed by atoms with Crippen molar-refractivity contribution in [1.29, 1.82) is 0 Å². The van der Waals surface area contributed by atoms with Crippen LogP contribution in [0.5, 0.6) is 0 Å². The van der Waals surface area contributed by atoms with Gasteiger partial charge in [-0.05, 0) is 38.2 Å². The molecule has 0 unspecified atom stereocenters. The summed E-state index contributed by atoms with van der Waals surface area (Å²) in [6, 6.07) is 2.41. The van der Waals surface area contributed by atoms with Gasteiger partial charge in [0.25, 0.3) is 10.0 Å². The van der Waals surface area contributed by atoms with Crippen molar-refractivity contribution in [1.82, 2.24) is 14.6 Å². The molecule has 1 aromatic heterocycles. The van der Waals surface area contributed by atoms with Crippen molar-refractivity contribution in [2.45, 2.75) is 25.3 Å². The van der Waals surface area contributed by atoms with Gasteiger partial charge in [-0.15, -0.1) is 0 Å². The van der Waals surface area contributed by atoms with E-state index in [0.717, 1.165) is 25.8 Å². The van der Waals surface area contributed by atoms with Crippen LogP contribution in [0.1, 0.15) is 30.6 Å². The average Bonchev–Trinajstić information content (AvgIpc) is 2.47. The Bertz CT molecular complexity index is 553. The second-order valence-electron chi connectivity index (χ2n) is 4.47. The first-order chi connectivity index (χ1) is 9.90. The molecule has 0 spiro atoms. The first-order valence-corrected chi connectivity index (χ1v) is 8.30. The molecule has 7 nitrogen and oxygen atoms in total. The highest BCUT2D eigenvalue weighted by molar-refractivity contribution is 7.89. The quantitative estimate of drug-likeness (QED) is 0.654. The van der Waals surface area contributed by atoms with E-state index in [4.69, 9.17) is 5.11 Å². The van der Waals surface area contributed by atoms with E-state index in [1.165, 1.54) is 12.1 Å². The van der Waals surface area contributed by atoms with Crippen LogP contribution in [0.4, 0.5) is 0 Å². The molecule has 0 saturated heterocycles. The van der Waals surface area contributed by atoms with Crippen molar-refractivity contribution < 1.29 is 18.3 Å². The Balaban J connectivity index is 2.55. The minimum absolute atomic E-state index is 0.0458. The van der Waals surface area contributed by atoms with Crippen LogP contribution in [0.15, 0.2) is 23.4 Å². The summed E-state index contributed by atoms with van der Waals surface area (Å²) in [4.78, 5) is 16.6. The zero-order valence-corrected chi connectivity index (χ0v) is 13.1. The Kier molecular flexibility index (Phi) is 6.73. The van der Waals surface area contributed by atoms with Gasteiger partial charge in [-0.3, -0.25) is 0 Å². The molecule has 0 saturated carbocycles. The number of hydrogen-bond donors (Lipinski definition) is 2. The molecule has 0 bridgehead atoms. The Morgan fingerprint density at radius 2 is 2.00 bits per heavy atom. The van der Waals surface area contributed by atoms with Crippen molar-refractivity contribution in [3.05, 3.63) is 23.9 Å². The van der Waals surface area contributed by atoms with Crippen molar-refractivity contribution in [2.24, 2.45) is 0 Å². The fraction of sp³-hybridized carbons (Fsp3) is 0.538. The van der Waals surface area contributed by atoms with E-state index in [0.29, 0.717) is 13.0 Å². The number of nitrogens with one attached hydrogen (secondary N) is 1. The predicted molar refractivity (Wildman–Crippen MR) is 78.8 cm³/mol. The second-order valence-corrected chi connectivity index (χ2v) is 6.18. The molecule has 0 aliphatic rings. The van der Waals surface area contributed by atoms with Gasteiger partial charge in [0, 0.05) is 12.7 Å². The van der Waals surface area contributed by atoms with Crippen LogP contribution >= 0.6 is 0 Å². The van der Waals surface area contributed by atoms with Crippen LogP contribution < -0.4 is 4.72 Å². The molecule has 1 aromatic rings. The highest BCUT2D eigenvalue weighted by Crippen LogP contribution is 2.06. The predicted octanol–water partition coefficient (Wildman–Crippen LogP) is 0.790. The van der Waals surface area contributed by atoms with Gasteiger partial charge in [-0.1, -0.05) is 13.8 Å². The van der Waals surface area contributed by atoms with Crippen molar-refractivity contribution in [3.63, 3.8) is 0 Å². The zero-order valence-electron chi connectivity index (χ0n) is 12.2. The highest BCUT2D eigenvalue weighted by Gasteiger charge is 2.15. The summed E-state index contributed by atoms with van der Waals surface area (Å²) in [6.07, 6.45) is 1.74. The lowest BCUT2D eigenvalue weighted by Gasteiger charge is -2.17. The van der Waals surface area contributed by atoms with Gasteiger partial charge in [-0.25, -0.2) is 22.9 Å². The fourth-order valence-corrected chi connectivity index (χ4v) is 2.79. The molecule has 21 heavy (non-hydrogen) atoms. The van der Waals surface area contributed by atoms with E-state index in [1.54, 1.807) is 0 Å². The van der Waals surface area contributed by atoms with Gasteiger partial charge in [0.05, 0.1) is 5.56 Å². The molecule has 0 aromatic carbocycles. The van der Waals surface area contributed by atoms with Gasteiger partial charge in [0.2, 0.25) is 0 Å². The van der Waals surface area contributed by atoms with Crippen LogP contribution in [0.25, 0.3) is 0 Å². The summed E-state index contributed by atoms with van der Waals surface area (Å²) >= 11 is 0.